The summed E-state index contributed by atoms with van der Waals surface area (Å²) in [7, 11) is 3.53. The van der Waals surface area contributed by atoms with Crippen LogP contribution in [0, 0.1) is 0 Å². The molecule has 1 fully saturated rings. The number of aliphatic hydroxyl groups excluding tert-OH is 1. The minimum absolute atomic E-state index is 0.0302. The van der Waals surface area contributed by atoms with Gasteiger partial charge in [-0.15, -0.1) is 0 Å². The highest BCUT2D eigenvalue weighted by molar-refractivity contribution is 5.94. The summed E-state index contributed by atoms with van der Waals surface area (Å²) < 4.78 is 0. The average Bonchev–Trinajstić information content (AvgIpc) is 2.47. The minimum atomic E-state index is -0.308. The molecule has 1 saturated heterocycles. The first-order valence-corrected chi connectivity index (χ1v) is 7.71. The van der Waals surface area contributed by atoms with Crippen molar-refractivity contribution in [2.24, 2.45) is 0 Å². The van der Waals surface area contributed by atoms with Gasteiger partial charge in [-0.25, -0.2) is 0 Å². The molecule has 4 nitrogen and oxygen atoms in total. The van der Waals surface area contributed by atoms with E-state index in [1.807, 2.05) is 25.1 Å². The summed E-state index contributed by atoms with van der Waals surface area (Å²) in [5.74, 6) is 0.0302. The number of piperidine rings is 1. The molecule has 0 aliphatic carbocycles. The van der Waals surface area contributed by atoms with Crippen molar-refractivity contribution in [2.45, 2.75) is 44.9 Å². The lowest BCUT2D eigenvalue weighted by Gasteiger charge is -2.37. The van der Waals surface area contributed by atoms with Gasteiger partial charge >= 0.3 is 0 Å². The molecule has 0 radical (unpaired) electrons. The number of aliphatic hydroxyl groups is 1. The summed E-state index contributed by atoms with van der Waals surface area (Å²) in [6.07, 6.45) is 3.11. The second kappa shape index (κ2) is 7.05. The van der Waals surface area contributed by atoms with Gasteiger partial charge in [0, 0.05) is 32.2 Å². The van der Waals surface area contributed by atoms with Crippen LogP contribution < -0.4 is 0 Å². The largest absolute Gasteiger partial charge is 0.392 e. The molecule has 0 saturated carbocycles. The Labute approximate surface area is 127 Å². The zero-order valence-electron chi connectivity index (χ0n) is 13.2. The fourth-order valence-corrected chi connectivity index (χ4v) is 3.05. The fraction of sp³-hybridized carbons (Fsp3) is 0.588. The number of nitrogens with zero attached hydrogens (tertiary/aromatic N) is 2. The number of carbonyl (C=O) groups excluding carboxylic acids is 1. The molecule has 0 bridgehead atoms. The van der Waals surface area contributed by atoms with E-state index in [0.717, 1.165) is 30.6 Å². The van der Waals surface area contributed by atoms with Crippen molar-refractivity contribution < 1.29 is 9.90 Å². The van der Waals surface area contributed by atoms with Gasteiger partial charge in [0.2, 0.25) is 0 Å². The maximum Gasteiger partial charge on any atom is 0.253 e. The van der Waals surface area contributed by atoms with Gasteiger partial charge in [0.25, 0.3) is 5.91 Å². The predicted octanol–water partition coefficient (Wildman–Crippen LogP) is 2.12. The Morgan fingerprint density at radius 3 is 2.86 bits per heavy atom. The molecule has 0 spiro atoms. The van der Waals surface area contributed by atoms with Gasteiger partial charge in [0.05, 0.1) is 6.10 Å². The molecule has 1 aromatic rings. The van der Waals surface area contributed by atoms with Crippen LogP contribution in [0.5, 0.6) is 0 Å². The Morgan fingerprint density at radius 2 is 2.19 bits per heavy atom. The van der Waals surface area contributed by atoms with Crippen LogP contribution in [0.1, 0.15) is 42.1 Å². The van der Waals surface area contributed by atoms with E-state index >= 15 is 0 Å². The van der Waals surface area contributed by atoms with Crippen molar-refractivity contribution in [2.75, 3.05) is 20.6 Å². The third-order valence-electron chi connectivity index (χ3n) is 4.19. The molecule has 2 unspecified atom stereocenters. The first-order chi connectivity index (χ1) is 9.99. The summed E-state index contributed by atoms with van der Waals surface area (Å²) in [4.78, 5) is 16.0. The van der Waals surface area contributed by atoms with Crippen LogP contribution >= 0.6 is 0 Å². The van der Waals surface area contributed by atoms with Crippen molar-refractivity contribution in [3.05, 3.63) is 35.4 Å². The summed E-state index contributed by atoms with van der Waals surface area (Å²) in [5.41, 5.74) is 1.86. The Hall–Kier alpha value is -1.39. The van der Waals surface area contributed by atoms with E-state index in [-0.39, 0.29) is 18.1 Å². The van der Waals surface area contributed by atoms with E-state index in [9.17, 15) is 9.90 Å². The number of benzene rings is 1. The average molecular weight is 290 g/mol. The van der Waals surface area contributed by atoms with Gasteiger partial charge in [-0.2, -0.15) is 0 Å². The molecule has 116 valence electrons. The van der Waals surface area contributed by atoms with Crippen LogP contribution in [0.4, 0.5) is 0 Å². The summed E-state index contributed by atoms with van der Waals surface area (Å²) in [6, 6.07) is 8.05. The molecule has 4 heteroatoms. The lowest BCUT2D eigenvalue weighted by molar-refractivity contribution is 0.0316. The molecule has 1 N–H and O–H groups in total. The molecule has 21 heavy (non-hydrogen) atoms. The first-order valence-electron chi connectivity index (χ1n) is 7.71. The Bertz CT molecular complexity index is 485. The molecule has 0 aromatic heterocycles. The number of hydrogen-bond donors (Lipinski definition) is 1. The van der Waals surface area contributed by atoms with E-state index in [0.29, 0.717) is 0 Å². The lowest BCUT2D eigenvalue weighted by atomic mass is 9.97. The molecule has 2 rings (SSSR count). The van der Waals surface area contributed by atoms with Crippen molar-refractivity contribution in [1.82, 2.24) is 9.80 Å². The van der Waals surface area contributed by atoms with Crippen LogP contribution in [0.15, 0.2) is 24.3 Å². The summed E-state index contributed by atoms with van der Waals surface area (Å²) >= 11 is 0. The number of amides is 1. The highest BCUT2D eigenvalue weighted by atomic mass is 16.3. The Balaban J connectivity index is 2.11. The number of hydrogen-bond acceptors (Lipinski definition) is 3. The molecule has 2 atom stereocenters. The van der Waals surface area contributed by atoms with Crippen LogP contribution in [0.2, 0.25) is 0 Å². The van der Waals surface area contributed by atoms with Crippen molar-refractivity contribution in [3.8, 4) is 0 Å². The molecule has 1 amide bonds. The number of carbonyl (C=O) groups is 1. The molecule has 1 aliphatic heterocycles. The standard InChI is InChI=1S/C17H26N2O2/c1-13(20)16-9-4-5-10-19(16)12-14-7-6-8-15(11-14)17(21)18(2)3/h6-8,11,13,16,20H,4-5,9-10,12H2,1-3H3. The minimum Gasteiger partial charge on any atom is -0.392 e. The quantitative estimate of drug-likeness (QED) is 0.924. The third-order valence-corrected chi connectivity index (χ3v) is 4.19. The van der Waals surface area contributed by atoms with Crippen LogP contribution in [-0.4, -0.2) is 53.6 Å². The molecular weight excluding hydrogens is 264 g/mol. The maximum absolute atomic E-state index is 12.0. The monoisotopic (exact) mass is 290 g/mol. The van der Waals surface area contributed by atoms with Crippen molar-refractivity contribution in [3.63, 3.8) is 0 Å². The van der Waals surface area contributed by atoms with Crippen LogP contribution in [0.25, 0.3) is 0 Å². The van der Waals surface area contributed by atoms with E-state index in [4.69, 9.17) is 0 Å². The zero-order chi connectivity index (χ0) is 15.4. The van der Waals surface area contributed by atoms with Gasteiger partial charge in [0.15, 0.2) is 0 Å². The highest BCUT2D eigenvalue weighted by Crippen LogP contribution is 2.22. The maximum atomic E-state index is 12.0. The van der Waals surface area contributed by atoms with Crippen LogP contribution in [0.3, 0.4) is 0 Å². The van der Waals surface area contributed by atoms with Gasteiger partial charge in [0.1, 0.15) is 0 Å². The highest BCUT2D eigenvalue weighted by Gasteiger charge is 2.26. The van der Waals surface area contributed by atoms with E-state index in [1.165, 1.54) is 12.8 Å². The topological polar surface area (TPSA) is 43.8 Å². The van der Waals surface area contributed by atoms with E-state index in [1.54, 1.807) is 19.0 Å². The number of likely N-dealkylation sites (tertiary alicyclic amines) is 1. The normalized spacial score (nSPS) is 21.0. The Morgan fingerprint density at radius 1 is 1.43 bits per heavy atom. The van der Waals surface area contributed by atoms with E-state index < -0.39 is 0 Å². The van der Waals surface area contributed by atoms with Gasteiger partial charge < -0.3 is 10.0 Å². The predicted molar refractivity (Wildman–Crippen MR) is 84.2 cm³/mol. The Kier molecular flexibility index (Phi) is 5.37. The van der Waals surface area contributed by atoms with Gasteiger partial charge in [-0.05, 0) is 44.0 Å². The van der Waals surface area contributed by atoms with Crippen LogP contribution in [-0.2, 0) is 6.54 Å². The molecule has 1 heterocycles. The first kappa shape index (κ1) is 16.0. The smallest absolute Gasteiger partial charge is 0.253 e. The van der Waals surface area contributed by atoms with Crippen molar-refractivity contribution in [1.29, 1.82) is 0 Å². The zero-order valence-corrected chi connectivity index (χ0v) is 13.2. The second-order valence-corrected chi connectivity index (χ2v) is 6.17. The second-order valence-electron chi connectivity index (χ2n) is 6.17. The van der Waals surface area contributed by atoms with Gasteiger partial charge in [-0.1, -0.05) is 18.6 Å². The molecule has 1 aromatic carbocycles. The van der Waals surface area contributed by atoms with Gasteiger partial charge in [-0.3, -0.25) is 9.69 Å². The molecule has 1 aliphatic rings. The van der Waals surface area contributed by atoms with E-state index in [2.05, 4.69) is 11.0 Å². The fourth-order valence-electron chi connectivity index (χ4n) is 3.05. The summed E-state index contributed by atoms with van der Waals surface area (Å²) in [5, 5.41) is 9.94. The summed E-state index contributed by atoms with van der Waals surface area (Å²) in [6.45, 7) is 3.68. The van der Waals surface area contributed by atoms with Crippen molar-refractivity contribution >= 4 is 5.91 Å². The lowest BCUT2D eigenvalue weighted by Crippen LogP contribution is -2.45. The third kappa shape index (κ3) is 4.05. The number of rotatable bonds is 4. The SMILES string of the molecule is CC(O)C1CCCCN1Cc1cccc(C(=O)N(C)C)c1. The molecular formula is C17H26N2O2.